The molecule has 2 rings (SSSR count). The van der Waals surface area contributed by atoms with Gasteiger partial charge in [0.05, 0.1) is 0 Å². The number of aromatic nitrogens is 2. The van der Waals surface area contributed by atoms with Crippen molar-refractivity contribution in [1.82, 2.24) is 9.38 Å². The number of nitrogens with zero attached hydrogens (tertiary/aromatic N) is 2. The number of alkyl halides is 3. The number of halogens is 4. The molecule has 0 N–H and O–H groups in total. The average Bonchev–Trinajstić information content (AvgIpc) is 2.41. The minimum absolute atomic E-state index is 0.248. The summed E-state index contributed by atoms with van der Waals surface area (Å²) >= 11 is 6.45. The monoisotopic (exact) mass is 226 g/mol. The summed E-state index contributed by atoms with van der Waals surface area (Å²) in [7, 11) is 0. The Balaban J connectivity index is 2.78. The molecule has 2 aromatic rings. The van der Waals surface area contributed by atoms with Crippen molar-refractivity contribution in [3.63, 3.8) is 0 Å². The van der Waals surface area contributed by atoms with Crippen LogP contribution in [0, 0.1) is 0 Å². The van der Waals surface area contributed by atoms with E-state index < -0.39 is 17.0 Å². The fraction of sp³-hybridized carbons (Fsp3) is 0.167. The zero-order valence-corrected chi connectivity index (χ0v) is 7.54. The number of thiazole rings is 1. The molecule has 2 nitrogen and oxygen atoms in total. The predicted molar refractivity (Wildman–Crippen MR) is 43.1 cm³/mol. The quantitative estimate of drug-likeness (QED) is 0.675. The summed E-state index contributed by atoms with van der Waals surface area (Å²) in [5, 5.41) is 1.02. The first-order valence-electron chi connectivity index (χ1n) is 3.18. The molecule has 0 aromatic carbocycles. The number of rotatable bonds is 0. The van der Waals surface area contributed by atoms with E-state index in [0.29, 0.717) is 0 Å². The number of fused-ring (bicyclic) bond motifs is 1. The molecule has 0 aliphatic carbocycles. The maximum Gasteiger partial charge on any atom is 0.434 e. The van der Waals surface area contributed by atoms with Gasteiger partial charge in [0.2, 0.25) is 0 Å². The molecule has 7 heteroatoms. The largest absolute Gasteiger partial charge is 0.434 e. The Bertz CT molecular complexity index is 444. The van der Waals surface area contributed by atoms with E-state index in [-0.39, 0.29) is 4.96 Å². The van der Waals surface area contributed by atoms with Gasteiger partial charge in [-0.3, -0.25) is 4.40 Å². The zero-order chi connectivity index (χ0) is 9.64. The molecular weight excluding hydrogens is 225 g/mol. The van der Waals surface area contributed by atoms with Crippen LogP contribution in [-0.2, 0) is 6.18 Å². The Morgan fingerprint density at radius 1 is 1.46 bits per heavy atom. The maximum atomic E-state index is 12.3. The van der Waals surface area contributed by atoms with Gasteiger partial charge in [-0.25, -0.2) is 4.98 Å². The Labute approximate surface area is 79.6 Å². The second-order valence-corrected chi connectivity index (χ2v) is 3.54. The van der Waals surface area contributed by atoms with Crippen LogP contribution in [0.3, 0.4) is 0 Å². The molecule has 0 fully saturated rings. The van der Waals surface area contributed by atoms with Gasteiger partial charge in [0.15, 0.2) is 15.8 Å². The third-order valence-corrected chi connectivity index (χ3v) is 2.51. The van der Waals surface area contributed by atoms with Gasteiger partial charge in [-0.05, 0) is 0 Å². The molecule has 0 unspecified atom stereocenters. The molecule has 0 saturated carbocycles. The number of imidazole rings is 1. The molecule has 0 bridgehead atoms. The van der Waals surface area contributed by atoms with Gasteiger partial charge in [-0.15, -0.1) is 11.3 Å². The highest BCUT2D eigenvalue weighted by Gasteiger charge is 2.38. The molecule has 0 saturated heterocycles. The summed E-state index contributed by atoms with van der Waals surface area (Å²) in [4.78, 5) is 3.81. The van der Waals surface area contributed by atoms with Crippen LogP contribution in [0.4, 0.5) is 13.2 Å². The fourth-order valence-electron chi connectivity index (χ4n) is 1.01. The summed E-state index contributed by atoms with van der Waals surface area (Å²) < 4.78 is 38.0. The molecule has 0 atom stereocenters. The Morgan fingerprint density at radius 2 is 2.15 bits per heavy atom. The minimum Gasteiger partial charge on any atom is -0.285 e. The molecule has 0 spiro atoms. The van der Waals surface area contributed by atoms with Crippen LogP contribution >= 0.6 is 22.9 Å². The lowest BCUT2D eigenvalue weighted by molar-refractivity contribution is -0.141. The van der Waals surface area contributed by atoms with E-state index in [1.165, 1.54) is 11.6 Å². The van der Waals surface area contributed by atoms with Gasteiger partial charge in [0.1, 0.15) is 0 Å². The van der Waals surface area contributed by atoms with Crippen LogP contribution in [0.1, 0.15) is 5.69 Å². The van der Waals surface area contributed by atoms with Crippen LogP contribution < -0.4 is 0 Å². The van der Waals surface area contributed by atoms with Crippen molar-refractivity contribution in [3.8, 4) is 0 Å². The van der Waals surface area contributed by atoms with Crippen LogP contribution in [0.15, 0.2) is 11.6 Å². The van der Waals surface area contributed by atoms with E-state index in [2.05, 4.69) is 4.98 Å². The molecule has 13 heavy (non-hydrogen) atoms. The van der Waals surface area contributed by atoms with Crippen molar-refractivity contribution in [2.45, 2.75) is 6.18 Å². The molecule has 0 radical (unpaired) electrons. The Kier molecular flexibility index (Phi) is 1.78. The summed E-state index contributed by atoms with van der Waals surface area (Å²) in [5.41, 5.74) is -0.912. The smallest absolute Gasteiger partial charge is 0.285 e. The summed E-state index contributed by atoms with van der Waals surface area (Å²) in [6.07, 6.45) is -3.17. The van der Waals surface area contributed by atoms with Gasteiger partial charge in [0, 0.05) is 11.6 Å². The second kappa shape index (κ2) is 2.62. The predicted octanol–water partition coefficient (Wildman–Crippen LogP) is 3.07. The van der Waals surface area contributed by atoms with Gasteiger partial charge in [-0.2, -0.15) is 13.2 Å². The van der Waals surface area contributed by atoms with Crippen LogP contribution in [0.25, 0.3) is 4.96 Å². The molecule has 0 aliphatic heterocycles. The van der Waals surface area contributed by atoms with E-state index >= 15 is 0 Å². The highest BCUT2D eigenvalue weighted by molar-refractivity contribution is 7.15. The van der Waals surface area contributed by atoms with Crippen LogP contribution in [-0.4, -0.2) is 9.38 Å². The van der Waals surface area contributed by atoms with Crippen molar-refractivity contribution in [2.75, 3.05) is 0 Å². The highest BCUT2D eigenvalue weighted by atomic mass is 35.5. The molecular formula is C6H2ClF3N2S. The van der Waals surface area contributed by atoms with Crippen molar-refractivity contribution in [1.29, 1.82) is 0 Å². The highest BCUT2D eigenvalue weighted by Crippen LogP contribution is 2.35. The zero-order valence-electron chi connectivity index (χ0n) is 5.97. The average molecular weight is 227 g/mol. The fourth-order valence-corrected chi connectivity index (χ4v) is 2.06. The lowest BCUT2D eigenvalue weighted by Crippen LogP contribution is -2.08. The van der Waals surface area contributed by atoms with Gasteiger partial charge in [-0.1, -0.05) is 11.6 Å². The van der Waals surface area contributed by atoms with Crippen molar-refractivity contribution in [2.24, 2.45) is 0 Å². The second-order valence-electron chi connectivity index (χ2n) is 2.30. The molecule has 2 heterocycles. The molecule has 0 amide bonds. The van der Waals surface area contributed by atoms with Crippen molar-refractivity contribution < 1.29 is 13.2 Å². The normalized spacial score (nSPS) is 12.6. The SMILES string of the molecule is FC(F)(F)c1c(Cl)nc2sccn12. The number of hydrogen-bond acceptors (Lipinski definition) is 2. The Morgan fingerprint density at radius 3 is 2.77 bits per heavy atom. The lowest BCUT2D eigenvalue weighted by Gasteiger charge is -2.03. The van der Waals surface area contributed by atoms with E-state index in [4.69, 9.17) is 11.6 Å². The topological polar surface area (TPSA) is 17.3 Å². The van der Waals surface area contributed by atoms with E-state index in [1.54, 1.807) is 0 Å². The van der Waals surface area contributed by atoms with Gasteiger partial charge >= 0.3 is 6.18 Å². The molecule has 0 aliphatic rings. The maximum absolute atomic E-state index is 12.3. The summed E-state index contributed by atoms with van der Waals surface area (Å²) in [5.74, 6) is 0. The van der Waals surface area contributed by atoms with E-state index in [1.807, 2.05) is 0 Å². The first-order chi connectivity index (χ1) is 6.00. The minimum atomic E-state index is -4.46. The van der Waals surface area contributed by atoms with Crippen LogP contribution in [0.5, 0.6) is 0 Å². The first kappa shape index (κ1) is 8.83. The van der Waals surface area contributed by atoms with Gasteiger partial charge in [0.25, 0.3) is 0 Å². The van der Waals surface area contributed by atoms with Crippen molar-refractivity contribution in [3.05, 3.63) is 22.4 Å². The summed E-state index contributed by atoms with van der Waals surface area (Å²) in [6, 6.07) is 0. The molecule has 2 aromatic heterocycles. The van der Waals surface area contributed by atoms with E-state index in [9.17, 15) is 13.2 Å². The Hall–Kier alpha value is -0.750. The molecule has 70 valence electrons. The third-order valence-electron chi connectivity index (χ3n) is 1.49. The third kappa shape index (κ3) is 1.30. The van der Waals surface area contributed by atoms with Crippen molar-refractivity contribution >= 4 is 27.9 Å². The summed E-state index contributed by atoms with van der Waals surface area (Å²) in [6.45, 7) is 0. The lowest BCUT2D eigenvalue weighted by atomic mass is 10.5. The van der Waals surface area contributed by atoms with Gasteiger partial charge < -0.3 is 0 Å². The van der Waals surface area contributed by atoms with Crippen LogP contribution in [0.2, 0.25) is 5.15 Å². The number of hydrogen-bond donors (Lipinski definition) is 0. The standard InChI is InChI=1S/C6H2ClF3N2S/c7-4-3(6(8,9)10)12-1-2-13-5(12)11-4/h1-2H. The van der Waals surface area contributed by atoms with E-state index in [0.717, 1.165) is 15.7 Å². The first-order valence-corrected chi connectivity index (χ1v) is 4.44.